The predicted octanol–water partition coefficient (Wildman–Crippen LogP) is 2.43. The molecule has 0 unspecified atom stereocenters. The first kappa shape index (κ1) is 15.6. The van der Waals surface area contributed by atoms with Crippen LogP contribution in [-0.4, -0.2) is 49.6 Å². The zero-order chi connectivity index (χ0) is 15.4. The Labute approximate surface area is 135 Å². The number of carbonyl (C=O) groups excluding carboxylic acids is 1. The van der Waals surface area contributed by atoms with Crippen LogP contribution >= 0.6 is 11.6 Å². The summed E-state index contributed by atoms with van der Waals surface area (Å²) in [6, 6.07) is 7.68. The van der Waals surface area contributed by atoms with E-state index in [1.165, 1.54) is 0 Å². The second-order valence-corrected chi connectivity index (χ2v) is 6.14. The Hall–Kier alpha value is -1.30. The standard InChI is InChI=1S/C16H21ClN2O3/c17-14-3-1-13(2-4-14)5-8-18-15(20)19-9-6-16(7-10-19)21-11-12-22-16/h1-4H,5-12H2,(H,18,20). The summed E-state index contributed by atoms with van der Waals surface area (Å²) in [5.74, 6) is -0.430. The van der Waals surface area contributed by atoms with Crippen LogP contribution in [0.4, 0.5) is 4.79 Å². The van der Waals surface area contributed by atoms with Crippen molar-refractivity contribution in [3.05, 3.63) is 34.9 Å². The molecular formula is C16H21ClN2O3. The molecule has 0 bridgehead atoms. The Morgan fingerprint density at radius 2 is 1.82 bits per heavy atom. The fourth-order valence-electron chi connectivity index (χ4n) is 2.91. The van der Waals surface area contributed by atoms with E-state index in [9.17, 15) is 4.79 Å². The molecule has 22 heavy (non-hydrogen) atoms. The molecule has 1 aromatic carbocycles. The third-order valence-electron chi connectivity index (χ3n) is 4.23. The number of likely N-dealkylation sites (tertiary alicyclic amines) is 1. The van der Waals surface area contributed by atoms with E-state index in [1.807, 2.05) is 29.2 Å². The first-order valence-electron chi connectivity index (χ1n) is 7.72. The number of amides is 2. The molecule has 3 rings (SSSR count). The predicted molar refractivity (Wildman–Crippen MR) is 84.0 cm³/mol. The van der Waals surface area contributed by atoms with E-state index in [4.69, 9.17) is 21.1 Å². The smallest absolute Gasteiger partial charge is 0.317 e. The summed E-state index contributed by atoms with van der Waals surface area (Å²) in [7, 11) is 0. The van der Waals surface area contributed by atoms with Crippen LogP contribution in [-0.2, 0) is 15.9 Å². The van der Waals surface area contributed by atoms with Crippen molar-refractivity contribution in [3.8, 4) is 0 Å². The quantitative estimate of drug-likeness (QED) is 0.929. The summed E-state index contributed by atoms with van der Waals surface area (Å²) in [5.41, 5.74) is 1.16. The zero-order valence-corrected chi connectivity index (χ0v) is 13.3. The van der Waals surface area contributed by atoms with E-state index < -0.39 is 5.79 Å². The molecule has 0 saturated carbocycles. The zero-order valence-electron chi connectivity index (χ0n) is 12.5. The number of hydrogen-bond donors (Lipinski definition) is 1. The summed E-state index contributed by atoms with van der Waals surface area (Å²) >= 11 is 5.85. The fourth-order valence-corrected chi connectivity index (χ4v) is 3.04. The first-order valence-corrected chi connectivity index (χ1v) is 8.10. The molecule has 0 aromatic heterocycles. The Kier molecular flexibility index (Phi) is 4.86. The van der Waals surface area contributed by atoms with Gasteiger partial charge in [0.25, 0.3) is 0 Å². The number of nitrogens with one attached hydrogen (secondary N) is 1. The molecule has 2 fully saturated rings. The molecule has 1 spiro atoms. The fraction of sp³-hybridized carbons (Fsp3) is 0.562. The van der Waals surface area contributed by atoms with Crippen LogP contribution in [0.15, 0.2) is 24.3 Å². The number of nitrogens with zero attached hydrogens (tertiary/aromatic N) is 1. The van der Waals surface area contributed by atoms with Crippen molar-refractivity contribution in [2.75, 3.05) is 32.8 Å². The van der Waals surface area contributed by atoms with Crippen molar-refractivity contribution >= 4 is 17.6 Å². The van der Waals surface area contributed by atoms with Gasteiger partial charge in [-0.05, 0) is 24.1 Å². The first-order chi connectivity index (χ1) is 10.7. The molecule has 5 nitrogen and oxygen atoms in total. The monoisotopic (exact) mass is 324 g/mol. The number of benzene rings is 1. The number of hydrogen-bond acceptors (Lipinski definition) is 3. The summed E-state index contributed by atoms with van der Waals surface area (Å²) in [6.07, 6.45) is 2.29. The maximum atomic E-state index is 12.2. The highest BCUT2D eigenvalue weighted by atomic mass is 35.5. The van der Waals surface area contributed by atoms with Crippen molar-refractivity contribution in [2.45, 2.75) is 25.0 Å². The van der Waals surface area contributed by atoms with E-state index in [0.717, 1.165) is 29.8 Å². The number of rotatable bonds is 3. The summed E-state index contributed by atoms with van der Waals surface area (Å²) in [6.45, 7) is 3.29. The van der Waals surface area contributed by atoms with Crippen LogP contribution in [0.25, 0.3) is 0 Å². The third-order valence-corrected chi connectivity index (χ3v) is 4.48. The molecule has 2 aliphatic heterocycles. The molecule has 2 aliphatic rings. The van der Waals surface area contributed by atoms with Gasteiger partial charge in [0.2, 0.25) is 0 Å². The molecule has 2 saturated heterocycles. The average Bonchev–Trinajstić information content (AvgIpc) is 2.98. The minimum Gasteiger partial charge on any atom is -0.347 e. The molecule has 6 heteroatoms. The van der Waals surface area contributed by atoms with Crippen molar-refractivity contribution < 1.29 is 14.3 Å². The van der Waals surface area contributed by atoms with Gasteiger partial charge in [-0.3, -0.25) is 0 Å². The van der Waals surface area contributed by atoms with Crippen molar-refractivity contribution in [2.24, 2.45) is 0 Å². The summed E-state index contributed by atoms with van der Waals surface area (Å²) in [4.78, 5) is 14.0. The van der Waals surface area contributed by atoms with Crippen molar-refractivity contribution in [1.29, 1.82) is 0 Å². The lowest BCUT2D eigenvalue weighted by molar-refractivity contribution is -0.181. The Balaban J connectivity index is 1.40. The van der Waals surface area contributed by atoms with E-state index >= 15 is 0 Å². The van der Waals surface area contributed by atoms with Gasteiger partial charge in [0.1, 0.15) is 0 Å². The van der Waals surface area contributed by atoms with Gasteiger partial charge in [-0.15, -0.1) is 0 Å². The average molecular weight is 325 g/mol. The number of urea groups is 1. The van der Waals surface area contributed by atoms with Gasteiger partial charge < -0.3 is 19.7 Å². The van der Waals surface area contributed by atoms with Gasteiger partial charge in [-0.25, -0.2) is 4.79 Å². The lowest BCUT2D eigenvalue weighted by Crippen LogP contribution is -2.50. The Morgan fingerprint density at radius 1 is 1.18 bits per heavy atom. The second kappa shape index (κ2) is 6.86. The van der Waals surface area contributed by atoms with Crippen LogP contribution in [0, 0.1) is 0 Å². The van der Waals surface area contributed by atoms with E-state index in [2.05, 4.69) is 5.32 Å². The Morgan fingerprint density at radius 3 is 2.45 bits per heavy atom. The minimum atomic E-state index is -0.430. The maximum Gasteiger partial charge on any atom is 0.317 e. The molecule has 2 amide bonds. The highest BCUT2D eigenvalue weighted by molar-refractivity contribution is 6.30. The normalized spacial score (nSPS) is 20.3. The van der Waals surface area contributed by atoms with Crippen molar-refractivity contribution in [1.82, 2.24) is 10.2 Å². The minimum absolute atomic E-state index is 0.0122. The topological polar surface area (TPSA) is 50.8 Å². The number of carbonyl (C=O) groups is 1. The Bertz CT molecular complexity index is 505. The molecule has 1 N–H and O–H groups in total. The van der Waals surface area contributed by atoms with Gasteiger partial charge >= 0.3 is 6.03 Å². The molecule has 0 atom stereocenters. The SMILES string of the molecule is O=C(NCCc1ccc(Cl)cc1)N1CCC2(CC1)OCCO2. The van der Waals surface area contributed by atoms with Gasteiger partial charge in [-0.2, -0.15) is 0 Å². The van der Waals surface area contributed by atoms with Crippen LogP contribution in [0.5, 0.6) is 0 Å². The van der Waals surface area contributed by atoms with Gasteiger partial charge in [0.05, 0.1) is 13.2 Å². The van der Waals surface area contributed by atoms with Crippen LogP contribution in [0.1, 0.15) is 18.4 Å². The highest BCUT2D eigenvalue weighted by Crippen LogP contribution is 2.31. The van der Waals surface area contributed by atoms with Crippen LogP contribution in [0.2, 0.25) is 5.02 Å². The number of halogens is 1. The largest absolute Gasteiger partial charge is 0.347 e. The number of piperidine rings is 1. The molecule has 0 radical (unpaired) electrons. The number of ether oxygens (including phenoxy) is 2. The highest BCUT2D eigenvalue weighted by Gasteiger charge is 2.40. The molecular weight excluding hydrogens is 304 g/mol. The second-order valence-electron chi connectivity index (χ2n) is 5.70. The van der Waals surface area contributed by atoms with E-state index in [1.54, 1.807) is 0 Å². The van der Waals surface area contributed by atoms with Gasteiger partial charge in [0, 0.05) is 37.5 Å². The molecule has 0 aliphatic carbocycles. The van der Waals surface area contributed by atoms with Gasteiger partial charge in [0.15, 0.2) is 5.79 Å². The lowest BCUT2D eigenvalue weighted by atomic mass is 10.0. The van der Waals surface area contributed by atoms with Crippen LogP contribution < -0.4 is 5.32 Å². The van der Waals surface area contributed by atoms with Crippen LogP contribution in [0.3, 0.4) is 0 Å². The van der Waals surface area contributed by atoms with E-state index in [-0.39, 0.29) is 6.03 Å². The van der Waals surface area contributed by atoms with E-state index in [0.29, 0.717) is 32.8 Å². The summed E-state index contributed by atoms with van der Waals surface area (Å²) in [5, 5.41) is 3.69. The van der Waals surface area contributed by atoms with Crippen molar-refractivity contribution in [3.63, 3.8) is 0 Å². The molecule has 120 valence electrons. The summed E-state index contributed by atoms with van der Waals surface area (Å²) < 4.78 is 11.3. The lowest BCUT2D eigenvalue weighted by Gasteiger charge is -2.37. The third kappa shape index (κ3) is 3.72. The molecule has 1 aromatic rings. The maximum absolute atomic E-state index is 12.2. The molecule has 2 heterocycles. The van der Waals surface area contributed by atoms with Gasteiger partial charge in [-0.1, -0.05) is 23.7 Å².